The maximum atomic E-state index is 13.0. The summed E-state index contributed by atoms with van der Waals surface area (Å²) in [6.45, 7) is 3.57. The van der Waals surface area contributed by atoms with E-state index in [0.717, 1.165) is 13.1 Å². The predicted molar refractivity (Wildman–Crippen MR) is 101 cm³/mol. The van der Waals surface area contributed by atoms with Crippen molar-refractivity contribution in [1.82, 2.24) is 14.8 Å². The summed E-state index contributed by atoms with van der Waals surface area (Å²) in [5.74, 6) is 1.11. The molecule has 1 aromatic carbocycles. The van der Waals surface area contributed by atoms with Crippen LogP contribution < -0.4 is 5.32 Å². The Morgan fingerprint density at radius 1 is 1.20 bits per heavy atom. The van der Waals surface area contributed by atoms with Gasteiger partial charge in [0.05, 0.1) is 0 Å². The molecule has 2 heterocycles. The zero-order chi connectivity index (χ0) is 18.0. The number of likely N-dealkylation sites (N-methyl/N-ethyl adjacent to an activating group) is 1. The third-order valence-corrected chi connectivity index (χ3v) is 5.01. The molecule has 3 rings (SSSR count). The molecule has 2 aromatic rings. The van der Waals surface area contributed by atoms with Crippen LogP contribution in [0.1, 0.15) is 27.4 Å². The van der Waals surface area contributed by atoms with Crippen molar-refractivity contribution in [3.63, 3.8) is 0 Å². The van der Waals surface area contributed by atoms with Crippen LogP contribution in [0, 0.1) is 6.92 Å². The number of anilines is 1. The molecule has 1 aliphatic rings. The summed E-state index contributed by atoms with van der Waals surface area (Å²) in [6.07, 6.45) is 1.68. The minimum absolute atomic E-state index is 0.0698. The molecule has 0 bridgehead atoms. The molecule has 1 N–H and O–H groups in total. The summed E-state index contributed by atoms with van der Waals surface area (Å²) in [5, 5.41) is 2.99. The van der Waals surface area contributed by atoms with Crippen molar-refractivity contribution in [1.29, 1.82) is 0 Å². The van der Waals surface area contributed by atoms with Crippen LogP contribution in [0.2, 0.25) is 0 Å². The highest BCUT2D eigenvalue weighted by Gasteiger charge is 2.37. The molecule has 1 fully saturated rings. The zero-order valence-corrected chi connectivity index (χ0v) is 15.4. The lowest BCUT2D eigenvalue weighted by atomic mass is 9.93. The number of benzene rings is 1. The molecule has 1 saturated heterocycles. The maximum Gasteiger partial charge on any atom is 0.254 e. The highest BCUT2D eigenvalue weighted by Crippen LogP contribution is 2.31. The number of nitrogens with one attached hydrogen (secondary N) is 1. The maximum absolute atomic E-state index is 13.0. The Bertz CT molecular complexity index is 742. The molecule has 5 nitrogen and oxygen atoms in total. The topological polar surface area (TPSA) is 48.5 Å². The quantitative estimate of drug-likeness (QED) is 0.931. The SMILES string of the molecule is CNc1cc(C(=O)N2C[C@@H](N(C)C)[C@H](c3ccc(C)cc3)C2)ccn1. The van der Waals surface area contributed by atoms with Gasteiger partial charge in [0.2, 0.25) is 0 Å². The number of aromatic nitrogens is 1. The van der Waals surface area contributed by atoms with Crippen LogP contribution in [-0.4, -0.2) is 61.0 Å². The van der Waals surface area contributed by atoms with Crippen LogP contribution in [0.4, 0.5) is 5.82 Å². The molecule has 0 unspecified atom stereocenters. The normalized spacial score (nSPS) is 20.1. The van der Waals surface area contributed by atoms with Crippen molar-refractivity contribution >= 4 is 11.7 Å². The van der Waals surface area contributed by atoms with Gasteiger partial charge in [0.15, 0.2) is 0 Å². The fraction of sp³-hybridized carbons (Fsp3) is 0.400. The number of pyridine rings is 1. The molecule has 2 atom stereocenters. The van der Waals surface area contributed by atoms with Gasteiger partial charge in [0, 0.05) is 43.9 Å². The molecule has 1 aromatic heterocycles. The van der Waals surface area contributed by atoms with Gasteiger partial charge >= 0.3 is 0 Å². The molecule has 0 saturated carbocycles. The van der Waals surface area contributed by atoms with Gasteiger partial charge in [0.25, 0.3) is 5.91 Å². The van der Waals surface area contributed by atoms with Gasteiger partial charge in [0.1, 0.15) is 5.82 Å². The summed E-state index contributed by atoms with van der Waals surface area (Å²) >= 11 is 0. The van der Waals surface area contributed by atoms with Crippen LogP contribution in [0.25, 0.3) is 0 Å². The van der Waals surface area contributed by atoms with Crippen LogP contribution >= 0.6 is 0 Å². The number of hydrogen-bond donors (Lipinski definition) is 1. The number of aryl methyl sites for hydroxylation is 1. The lowest BCUT2D eigenvalue weighted by Gasteiger charge is -2.25. The molecule has 1 amide bonds. The number of hydrogen-bond acceptors (Lipinski definition) is 4. The highest BCUT2D eigenvalue weighted by molar-refractivity contribution is 5.95. The van der Waals surface area contributed by atoms with E-state index in [1.807, 2.05) is 18.0 Å². The van der Waals surface area contributed by atoms with Crippen LogP contribution in [0.5, 0.6) is 0 Å². The van der Waals surface area contributed by atoms with Crippen molar-refractivity contribution in [3.05, 3.63) is 59.3 Å². The van der Waals surface area contributed by atoms with E-state index in [4.69, 9.17) is 0 Å². The number of carbonyl (C=O) groups excluding carboxylic acids is 1. The molecule has 0 spiro atoms. The van der Waals surface area contributed by atoms with Crippen molar-refractivity contribution in [2.75, 3.05) is 39.5 Å². The summed E-state index contributed by atoms with van der Waals surface area (Å²) in [6, 6.07) is 12.6. The van der Waals surface area contributed by atoms with Gasteiger partial charge in [-0.1, -0.05) is 29.8 Å². The summed E-state index contributed by atoms with van der Waals surface area (Å²) in [4.78, 5) is 21.3. The fourth-order valence-electron chi connectivity index (χ4n) is 3.50. The van der Waals surface area contributed by atoms with Crippen molar-refractivity contribution in [2.24, 2.45) is 0 Å². The Morgan fingerprint density at radius 3 is 2.56 bits per heavy atom. The smallest absolute Gasteiger partial charge is 0.254 e. The predicted octanol–water partition coefficient (Wildman–Crippen LogP) is 2.60. The third-order valence-electron chi connectivity index (χ3n) is 5.01. The van der Waals surface area contributed by atoms with Crippen LogP contribution in [-0.2, 0) is 0 Å². The number of rotatable bonds is 4. The first-order chi connectivity index (χ1) is 12.0. The van der Waals surface area contributed by atoms with E-state index in [1.165, 1.54) is 11.1 Å². The summed E-state index contributed by atoms with van der Waals surface area (Å²) in [5.41, 5.74) is 3.24. The Kier molecular flexibility index (Phi) is 5.04. The van der Waals surface area contributed by atoms with Crippen molar-refractivity contribution in [2.45, 2.75) is 18.9 Å². The first-order valence-corrected chi connectivity index (χ1v) is 8.65. The number of likely N-dealkylation sites (tertiary alicyclic amines) is 1. The zero-order valence-electron chi connectivity index (χ0n) is 15.4. The molecular formula is C20H26N4O. The average molecular weight is 338 g/mol. The molecule has 0 radical (unpaired) electrons. The van der Waals surface area contributed by atoms with Gasteiger partial charge < -0.3 is 15.1 Å². The largest absolute Gasteiger partial charge is 0.373 e. The number of nitrogens with zero attached hydrogens (tertiary/aromatic N) is 3. The molecule has 5 heteroatoms. The van der Waals surface area contributed by atoms with E-state index < -0.39 is 0 Å². The third kappa shape index (κ3) is 3.66. The van der Waals surface area contributed by atoms with Gasteiger partial charge in [-0.05, 0) is 38.7 Å². The molecule has 132 valence electrons. The van der Waals surface area contributed by atoms with Gasteiger partial charge in [-0.3, -0.25) is 4.79 Å². The standard InChI is InChI=1S/C20H26N4O/c1-14-5-7-15(8-6-14)17-12-24(13-18(17)23(3)4)20(25)16-9-10-22-19(11-16)21-2/h5-11,17-18H,12-13H2,1-4H3,(H,21,22)/t17-,18+/m0/s1. The monoisotopic (exact) mass is 338 g/mol. The van der Waals surface area contributed by atoms with Crippen LogP contribution in [0.3, 0.4) is 0 Å². The van der Waals surface area contributed by atoms with E-state index in [1.54, 1.807) is 12.3 Å². The van der Waals surface area contributed by atoms with Gasteiger partial charge in [-0.2, -0.15) is 0 Å². The number of carbonyl (C=O) groups is 1. The minimum Gasteiger partial charge on any atom is -0.373 e. The Labute approximate surface area is 149 Å². The van der Waals surface area contributed by atoms with E-state index in [-0.39, 0.29) is 5.91 Å². The van der Waals surface area contributed by atoms with Gasteiger partial charge in [-0.25, -0.2) is 4.98 Å². The first-order valence-electron chi connectivity index (χ1n) is 8.65. The van der Waals surface area contributed by atoms with E-state index in [2.05, 4.69) is 60.5 Å². The molecular weight excluding hydrogens is 312 g/mol. The summed E-state index contributed by atoms with van der Waals surface area (Å²) in [7, 11) is 5.98. The first kappa shape index (κ1) is 17.4. The fourth-order valence-corrected chi connectivity index (χ4v) is 3.50. The number of amides is 1. The highest BCUT2D eigenvalue weighted by atomic mass is 16.2. The van der Waals surface area contributed by atoms with E-state index >= 15 is 0 Å². The molecule has 25 heavy (non-hydrogen) atoms. The second-order valence-corrected chi connectivity index (χ2v) is 6.94. The van der Waals surface area contributed by atoms with Gasteiger partial charge in [-0.15, -0.1) is 0 Å². The minimum atomic E-state index is 0.0698. The van der Waals surface area contributed by atoms with Crippen LogP contribution in [0.15, 0.2) is 42.6 Å². The lowest BCUT2D eigenvalue weighted by molar-refractivity contribution is 0.0782. The average Bonchev–Trinajstić information content (AvgIpc) is 3.07. The van der Waals surface area contributed by atoms with E-state index in [9.17, 15) is 4.79 Å². The Hall–Kier alpha value is -2.40. The molecule has 1 aliphatic heterocycles. The van der Waals surface area contributed by atoms with Crippen molar-refractivity contribution in [3.8, 4) is 0 Å². The lowest BCUT2D eigenvalue weighted by Crippen LogP contribution is -2.35. The van der Waals surface area contributed by atoms with E-state index in [0.29, 0.717) is 23.3 Å². The van der Waals surface area contributed by atoms with Crippen molar-refractivity contribution < 1.29 is 4.79 Å². The summed E-state index contributed by atoms with van der Waals surface area (Å²) < 4.78 is 0. The molecule has 0 aliphatic carbocycles. The second-order valence-electron chi connectivity index (χ2n) is 6.94. The Balaban J connectivity index is 1.84. The second kappa shape index (κ2) is 7.23. The Morgan fingerprint density at radius 2 is 1.92 bits per heavy atom.